The predicted molar refractivity (Wildman–Crippen MR) is 68.7 cm³/mol. The molecule has 0 unspecified atom stereocenters. The molecule has 1 N–H and O–H groups in total. The summed E-state index contributed by atoms with van der Waals surface area (Å²) < 4.78 is 5.31. The van der Waals surface area contributed by atoms with E-state index in [0.717, 1.165) is 5.39 Å². The molecule has 0 radical (unpaired) electrons. The fraction of sp³-hybridized carbons (Fsp3) is 0.0714. The summed E-state index contributed by atoms with van der Waals surface area (Å²) >= 11 is 0. The van der Waals surface area contributed by atoms with E-state index in [1.54, 1.807) is 30.6 Å². The van der Waals surface area contributed by atoms with Crippen molar-refractivity contribution in [1.82, 2.24) is 4.98 Å². The van der Waals surface area contributed by atoms with Crippen molar-refractivity contribution >= 4 is 22.6 Å². The van der Waals surface area contributed by atoms with Crippen LogP contribution in [-0.2, 0) is 9.53 Å². The molecule has 0 saturated heterocycles. The molecule has 3 rings (SSSR count). The highest BCUT2D eigenvalue weighted by atomic mass is 16.5. The van der Waals surface area contributed by atoms with Crippen molar-refractivity contribution in [3.05, 3.63) is 53.3 Å². The molecule has 0 bridgehead atoms. The van der Waals surface area contributed by atoms with Gasteiger partial charge in [-0.15, -0.1) is 0 Å². The number of hydrogen-bond donors (Lipinski definition) is 1. The van der Waals surface area contributed by atoms with Gasteiger partial charge in [0.25, 0.3) is 0 Å². The molecule has 0 spiro atoms. The average Bonchev–Trinajstić information content (AvgIpc) is 2.38. The van der Waals surface area contributed by atoms with Crippen LogP contribution >= 0.6 is 0 Å². The SMILES string of the molecule is O=C(O)C1=c2c(ccc3cccnc23)=NC=CCO1. The third-order valence-electron chi connectivity index (χ3n) is 2.82. The number of nitrogens with zero attached hydrogens (tertiary/aromatic N) is 2. The standard InChI is InChI=1S/C14H10N2O3/c17-14(18)13-11-10(15-7-2-8-19-13)5-4-9-3-1-6-16-12(9)11/h1-7H,8H2,(H,17,18). The Labute approximate surface area is 108 Å². The summed E-state index contributed by atoms with van der Waals surface area (Å²) in [5.74, 6) is -1.24. The van der Waals surface area contributed by atoms with Crippen molar-refractivity contribution in [3.63, 3.8) is 0 Å². The normalized spacial score (nSPS) is 14.0. The van der Waals surface area contributed by atoms with Crippen LogP contribution in [0.15, 0.2) is 47.7 Å². The van der Waals surface area contributed by atoms with E-state index in [0.29, 0.717) is 16.1 Å². The van der Waals surface area contributed by atoms with E-state index >= 15 is 0 Å². The molecular formula is C14H10N2O3. The van der Waals surface area contributed by atoms with E-state index in [1.165, 1.54) is 0 Å². The number of carboxylic acid groups (broad SMARTS) is 1. The lowest BCUT2D eigenvalue weighted by Gasteiger charge is -2.07. The van der Waals surface area contributed by atoms with E-state index < -0.39 is 5.97 Å². The van der Waals surface area contributed by atoms with E-state index in [1.807, 2.05) is 12.1 Å². The van der Waals surface area contributed by atoms with Crippen LogP contribution in [0.2, 0.25) is 0 Å². The molecule has 0 amide bonds. The Morgan fingerprint density at radius 1 is 1.32 bits per heavy atom. The van der Waals surface area contributed by atoms with E-state index in [9.17, 15) is 9.90 Å². The number of aromatic nitrogens is 1. The van der Waals surface area contributed by atoms with Gasteiger partial charge in [0.1, 0.15) is 6.61 Å². The molecule has 5 heteroatoms. The van der Waals surface area contributed by atoms with Crippen molar-refractivity contribution in [1.29, 1.82) is 0 Å². The Morgan fingerprint density at radius 2 is 2.21 bits per heavy atom. The van der Waals surface area contributed by atoms with Gasteiger partial charge in [0.2, 0.25) is 5.76 Å². The lowest BCUT2D eigenvalue weighted by molar-refractivity contribution is -0.132. The summed E-state index contributed by atoms with van der Waals surface area (Å²) in [6, 6.07) is 7.30. The summed E-state index contributed by atoms with van der Waals surface area (Å²) in [6.07, 6.45) is 4.89. The fourth-order valence-electron chi connectivity index (χ4n) is 2.01. The Kier molecular flexibility index (Phi) is 2.72. The van der Waals surface area contributed by atoms with Gasteiger partial charge in [-0.1, -0.05) is 12.1 Å². The summed E-state index contributed by atoms with van der Waals surface area (Å²) in [6.45, 7) is 0.174. The van der Waals surface area contributed by atoms with Crippen LogP contribution in [-0.4, -0.2) is 22.7 Å². The average molecular weight is 254 g/mol. The van der Waals surface area contributed by atoms with Crippen LogP contribution in [0.4, 0.5) is 0 Å². The van der Waals surface area contributed by atoms with Crippen molar-refractivity contribution in [2.24, 2.45) is 4.99 Å². The Hall–Kier alpha value is -2.69. The van der Waals surface area contributed by atoms with E-state index in [4.69, 9.17) is 4.74 Å². The van der Waals surface area contributed by atoms with Gasteiger partial charge < -0.3 is 9.84 Å². The quantitative estimate of drug-likeness (QED) is 0.808. The number of rotatable bonds is 1. The second-order valence-electron chi connectivity index (χ2n) is 3.99. The number of fused-ring (bicyclic) bond motifs is 3. The minimum atomic E-state index is -1.12. The minimum Gasteiger partial charge on any atom is -0.482 e. The smallest absolute Gasteiger partial charge is 0.371 e. The Bertz CT molecular complexity index is 809. The third-order valence-corrected chi connectivity index (χ3v) is 2.82. The number of aliphatic carboxylic acids is 1. The largest absolute Gasteiger partial charge is 0.482 e. The van der Waals surface area contributed by atoms with Gasteiger partial charge in [-0.25, -0.2) is 4.79 Å². The van der Waals surface area contributed by atoms with Crippen molar-refractivity contribution in [2.75, 3.05) is 6.61 Å². The Morgan fingerprint density at radius 3 is 3.05 bits per heavy atom. The number of hydrogen-bond acceptors (Lipinski definition) is 4. The number of ether oxygens (including phenoxy) is 1. The second-order valence-corrected chi connectivity index (χ2v) is 3.99. The number of benzene rings is 1. The number of carboxylic acids is 1. The summed E-state index contributed by atoms with van der Waals surface area (Å²) in [5, 5.41) is 11.1. The van der Waals surface area contributed by atoms with Gasteiger partial charge in [0.15, 0.2) is 0 Å². The molecule has 1 aliphatic heterocycles. The van der Waals surface area contributed by atoms with Crippen LogP contribution in [0.1, 0.15) is 0 Å². The maximum atomic E-state index is 11.4. The van der Waals surface area contributed by atoms with Crippen LogP contribution in [0.3, 0.4) is 0 Å². The van der Waals surface area contributed by atoms with Gasteiger partial charge in [0.05, 0.1) is 16.1 Å². The molecule has 0 atom stereocenters. The van der Waals surface area contributed by atoms with Crippen LogP contribution < -0.4 is 10.6 Å². The predicted octanol–water partition coefficient (Wildman–Crippen LogP) is 0.591. The first-order valence-electron chi connectivity index (χ1n) is 5.74. The molecular weight excluding hydrogens is 244 g/mol. The van der Waals surface area contributed by atoms with Crippen molar-refractivity contribution < 1.29 is 14.6 Å². The van der Waals surface area contributed by atoms with Gasteiger partial charge >= 0.3 is 5.97 Å². The van der Waals surface area contributed by atoms with E-state index in [2.05, 4.69) is 9.98 Å². The molecule has 1 aliphatic rings. The van der Waals surface area contributed by atoms with Gasteiger partial charge in [-0.3, -0.25) is 9.98 Å². The van der Waals surface area contributed by atoms with Crippen LogP contribution in [0.25, 0.3) is 16.7 Å². The third kappa shape index (κ3) is 1.95. The second kappa shape index (κ2) is 4.53. The Balaban J connectivity index is 2.59. The van der Waals surface area contributed by atoms with Crippen LogP contribution in [0.5, 0.6) is 0 Å². The van der Waals surface area contributed by atoms with Crippen molar-refractivity contribution in [2.45, 2.75) is 0 Å². The maximum absolute atomic E-state index is 11.4. The van der Waals surface area contributed by atoms with Crippen LogP contribution in [0, 0.1) is 0 Å². The number of pyridine rings is 1. The van der Waals surface area contributed by atoms with Crippen molar-refractivity contribution in [3.8, 4) is 0 Å². The summed E-state index contributed by atoms with van der Waals surface area (Å²) in [7, 11) is 0. The molecule has 1 aromatic heterocycles. The minimum absolute atomic E-state index is 0.118. The molecule has 5 nitrogen and oxygen atoms in total. The first kappa shape index (κ1) is 11.4. The zero-order chi connectivity index (χ0) is 13.2. The summed E-state index contributed by atoms with van der Waals surface area (Å²) in [4.78, 5) is 19.9. The molecule has 2 aromatic rings. The summed E-state index contributed by atoms with van der Waals surface area (Å²) in [5.41, 5.74) is 0.580. The highest BCUT2D eigenvalue weighted by Crippen LogP contribution is 2.06. The fourth-order valence-corrected chi connectivity index (χ4v) is 2.01. The van der Waals surface area contributed by atoms with Gasteiger partial charge in [0, 0.05) is 17.8 Å². The number of carbonyl (C=O) groups is 1. The van der Waals surface area contributed by atoms with E-state index in [-0.39, 0.29) is 12.4 Å². The molecule has 0 saturated carbocycles. The lowest BCUT2D eigenvalue weighted by Crippen LogP contribution is -2.32. The maximum Gasteiger partial charge on any atom is 0.371 e. The lowest BCUT2D eigenvalue weighted by atomic mass is 10.1. The molecule has 2 heterocycles. The van der Waals surface area contributed by atoms with Gasteiger partial charge in [-0.05, 0) is 18.2 Å². The molecule has 1 aromatic carbocycles. The molecule has 0 fully saturated rings. The molecule has 94 valence electrons. The monoisotopic (exact) mass is 254 g/mol. The topological polar surface area (TPSA) is 71.8 Å². The molecule has 0 aliphatic carbocycles. The first-order chi connectivity index (χ1) is 9.27. The zero-order valence-electron chi connectivity index (χ0n) is 9.91. The van der Waals surface area contributed by atoms with Gasteiger partial charge in [-0.2, -0.15) is 0 Å². The highest BCUT2D eigenvalue weighted by Gasteiger charge is 2.14. The zero-order valence-corrected chi connectivity index (χ0v) is 9.91. The first-order valence-corrected chi connectivity index (χ1v) is 5.74. The molecule has 19 heavy (non-hydrogen) atoms. The highest BCUT2D eigenvalue weighted by molar-refractivity contribution is 6.07.